The normalized spacial score (nSPS) is 10.4. The van der Waals surface area contributed by atoms with Gasteiger partial charge in [0.25, 0.3) is 0 Å². The van der Waals surface area contributed by atoms with E-state index in [1.807, 2.05) is 24.3 Å². The van der Waals surface area contributed by atoms with Gasteiger partial charge in [0.1, 0.15) is 4.88 Å². The van der Waals surface area contributed by atoms with Gasteiger partial charge in [0, 0.05) is 10.0 Å². The van der Waals surface area contributed by atoms with Crippen molar-refractivity contribution in [2.45, 2.75) is 6.92 Å². The van der Waals surface area contributed by atoms with Crippen LogP contribution in [-0.2, 0) is 4.74 Å². The quantitative estimate of drug-likeness (QED) is 0.723. The summed E-state index contributed by atoms with van der Waals surface area (Å²) in [6.45, 7) is 2.13. The summed E-state index contributed by atoms with van der Waals surface area (Å²) in [7, 11) is 0. The molecule has 0 saturated heterocycles. The molecular weight excluding hydrogens is 382 g/mol. The van der Waals surface area contributed by atoms with Gasteiger partial charge in [0.15, 0.2) is 3.92 Å². The molecular formula is C12H9Br2NO2S. The van der Waals surface area contributed by atoms with Gasteiger partial charge in [-0.15, -0.1) is 0 Å². The molecule has 2 aromatic rings. The lowest BCUT2D eigenvalue weighted by atomic mass is 10.1. The zero-order valence-corrected chi connectivity index (χ0v) is 13.4. The van der Waals surface area contributed by atoms with Gasteiger partial charge < -0.3 is 4.74 Å². The average molecular weight is 391 g/mol. The van der Waals surface area contributed by atoms with Crippen LogP contribution in [0.25, 0.3) is 11.3 Å². The second-order valence-corrected chi connectivity index (χ2v) is 6.47. The minimum Gasteiger partial charge on any atom is -0.462 e. The number of hydrogen-bond acceptors (Lipinski definition) is 4. The van der Waals surface area contributed by atoms with Crippen molar-refractivity contribution >= 4 is 49.2 Å². The van der Waals surface area contributed by atoms with Crippen molar-refractivity contribution in [2.24, 2.45) is 0 Å². The van der Waals surface area contributed by atoms with Crippen molar-refractivity contribution in [1.82, 2.24) is 4.98 Å². The molecule has 1 aromatic heterocycles. The molecule has 18 heavy (non-hydrogen) atoms. The summed E-state index contributed by atoms with van der Waals surface area (Å²) >= 11 is 8.05. The molecule has 1 heterocycles. The lowest BCUT2D eigenvalue weighted by Crippen LogP contribution is -2.04. The summed E-state index contributed by atoms with van der Waals surface area (Å²) in [5, 5.41) is 0. The molecule has 0 aliphatic rings. The van der Waals surface area contributed by atoms with E-state index in [0.717, 1.165) is 10.0 Å². The van der Waals surface area contributed by atoms with Crippen molar-refractivity contribution < 1.29 is 9.53 Å². The lowest BCUT2D eigenvalue weighted by Gasteiger charge is -2.04. The predicted octanol–water partition coefficient (Wildman–Crippen LogP) is 4.51. The first-order valence-electron chi connectivity index (χ1n) is 5.21. The topological polar surface area (TPSA) is 39.2 Å². The smallest absolute Gasteiger partial charge is 0.350 e. The van der Waals surface area contributed by atoms with Crippen LogP contribution in [0.1, 0.15) is 16.6 Å². The molecule has 94 valence electrons. The summed E-state index contributed by atoms with van der Waals surface area (Å²) in [5.41, 5.74) is 1.51. The van der Waals surface area contributed by atoms with E-state index >= 15 is 0 Å². The third kappa shape index (κ3) is 2.81. The number of benzene rings is 1. The number of hydrogen-bond donors (Lipinski definition) is 0. The molecule has 3 nitrogen and oxygen atoms in total. The Morgan fingerprint density at radius 1 is 1.39 bits per heavy atom. The molecule has 2 rings (SSSR count). The van der Waals surface area contributed by atoms with E-state index in [4.69, 9.17) is 4.74 Å². The van der Waals surface area contributed by atoms with Crippen molar-refractivity contribution in [3.05, 3.63) is 37.5 Å². The van der Waals surface area contributed by atoms with Crippen LogP contribution < -0.4 is 0 Å². The van der Waals surface area contributed by atoms with Crippen molar-refractivity contribution in [1.29, 1.82) is 0 Å². The fourth-order valence-corrected chi connectivity index (χ4v) is 3.30. The van der Waals surface area contributed by atoms with Crippen molar-refractivity contribution in [3.63, 3.8) is 0 Å². The monoisotopic (exact) mass is 389 g/mol. The number of carbonyl (C=O) groups is 1. The second-order valence-electron chi connectivity index (χ2n) is 3.34. The Hall–Kier alpha value is -0.720. The Morgan fingerprint density at radius 3 is 2.78 bits per heavy atom. The highest BCUT2D eigenvalue weighted by molar-refractivity contribution is 9.11. The van der Waals surface area contributed by atoms with Gasteiger partial charge in [0.2, 0.25) is 0 Å². The molecule has 0 aliphatic heterocycles. The van der Waals surface area contributed by atoms with Gasteiger partial charge in [-0.1, -0.05) is 45.5 Å². The Balaban J connectivity index is 2.51. The standard InChI is InChI=1S/C12H9Br2NO2S/c1-2-17-11(16)10-9(15-12(14)18-10)7-5-3-4-6-8(7)13/h3-6H,2H2,1H3. The summed E-state index contributed by atoms with van der Waals surface area (Å²) in [6, 6.07) is 7.65. The summed E-state index contributed by atoms with van der Waals surface area (Å²) in [5.74, 6) is -0.341. The highest BCUT2D eigenvalue weighted by Gasteiger charge is 2.20. The third-order valence-corrected chi connectivity index (χ3v) is 4.37. The number of esters is 1. The van der Waals surface area contributed by atoms with Gasteiger partial charge in [-0.2, -0.15) is 0 Å². The van der Waals surface area contributed by atoms with Crippen LogP contribution in [0.2, 0.25) is 0 Å². The van der Waals surface area contributed by atoms with Gasteiger partial charge in [-0.25, -0.2) is 9.78 Å². The number of nitrogens with zero attached hydrogens (tertiary/aromatic N) is 1. The SMILES string of the molecule is CCOC(=O)c1sc(Br)nc1-c1ccccc1Br. The van der Waals surface area contributed by atoms with Crippen LogP contribution in [0.3, 0.4) is 0 Å². The molecule has 0 atom stereocenters. The molecule has 0 amide bonds. The maximum absolute atomic E-state index is 11.9. The van der Waals surface area contributed by atoms with Gasteiger partial charge in [-0.05, 0) is 28.9 Å². The van der Waals surface area contributed by atoms with E-state index in [9.17, 15) is 4.79 Å². The number of carbonyl (C=O) groups excluding carboxylic acids is 1. The molecule has 0 N–H and O–H groups in total. The maximum atomic E-state index is 11.9. The van der Waals surface area contributed by atoms with E-state index in [0.29, 0.717) is 21.1 Å². The number of rotatable bonds is 3. The highest BCUT2D eigenvalue weighted by Crippen LogP contribution is 2.35. The highest BCUT2D eigenvalue weighted by atomic mass is 79.9. The molecule has 0 radical (unpaired) electrons. The summed E-state index contributed by atoms with van der Waals surface area (Å²) < 4.78 is 6.60. The Morgan fingerprint density at radius 2 is 2.11 bits per heavy atom. The minimum absolute atomic E-state index is 0.341. The Labute approximate surface area is 125 Å². The molecule has 0 aliphatic carbocycles. The zero-order chi connectivity index (χ0) is 13.1. The molecule has 0 fully saturated rings. The van der Waals surface area contributed by atoms with E-state index in [1.165, 1.54) is 11.3 Å². The van der Waals surface area contributed by atoms with E-state index in [2.05, 4.69) is 36.8 Å². The van der Waals surface area contributed by atoms with E-state index in [1.54, 1.807) is 6.92 Å². The summed E-state index contributed by atoms with van der Waals surface area (Å²) in [6.07, 6.45) is 0. The second kappa shape index (κ2) is 5.95. The van der Waals surface area contributed by atoms with Gasteiger partial charge in [-0.3, -0.25) is 0 Å². The van der Waals surface area contributed by atoms with Crippen LogP contribution in [0.15, 0.2) is 32.7 Å². The first-order chi connectivity index (χ1) is 8.63. The molecule has 6 heteroatoms. The molecule has 0 saturated carbocycles. The van der Waals surface area contributed by atoms with E-state index < -0.39 is 0 Å². The van der Waals surface area contributed by atoms with Gasteiger partial charge in [0.05, 0.1) is 12.3 Å². The fourth-order valence-electron chi connectivity index (χ4n) is 1.46. The van der Waals surface area contributed by atoms with Crippen LogP contribution in [0.4, 0.5) is 0 Å². The molecule has 1 aromatic carbocycles. The number of halogens is 2. The lowest BCUT2D eigenvalue weighted by molar-refractivity contribution is 0.0532. The molecule has 0 spiro atoms. The Bertz CT molecular complexity index is 583. The van der Waals surface area contributed by atoms with Crippen LogP contribution >= 0.6 is 43.2 Å². The van der Waals surface area contributed by atoms with Crippen LogP contribution in [-0.4, -0.2) is 17.6 Å². The Kier molecular flexibility index (Phi) is 4.53. The molecule has 0 unspecified atom stereocenters. The largest absolute Gasteiger partial charge is 0.462 e. The minimum atomic E-state index is -0.341. The van der Waals surface area contributed by atoms with Gasteiger partial charge >= 0.3 is 5.97 Å². The van der Waals surface area contributed by atoms with Crippen molar-refractivity contribution in [3.8, 4) is 11.3 Å². The maximum Gasteiger partial charge on any atom is 0.350 e. The summed E-state index contributed by atoms with van der Waals surface area (Å²) in [4.78, 5) is 16.7. The van der Waals surface area contributed by atoms with Crippen LogP contribution in [0.5, 0.6) is 0 Å². The molecule has 0 bridgehead atoms. The van der Waals surface area contributed by atoms with Crippen LogP contribution in [0, 0.1) is 0 Å². The number of aromatic nitrogens is 1. The average Bonchev–Trinajstić information content (AvgIpc) is 2.72. The zero-order valence-electron chi connectivity index (χ0n) is 9.44. The predicted molar refractivity (Wildman–Crippen MR) is 78.9 cm³/mol. The first kappa shape index (κ1) is 13.7. The number of ether oxygens (including phenoxy) is 1. The first-order valence-corrected chi connectivity index (χ1v) is 7.62. The van der Waals surface area contributed by atoms with E-state index in [-0.39, 0.29) is 5.97 Å². The third-order valence-electron chi connectivity index (χ3n) is 2.19. The number of thiazole rings is 1. The van der Waals surface area contributed by atoms with Crippen molar-refractivity contribution in [2.75, 3.05) is 6.61 Å². The fraction of sp³-hybridized carbons (Fsp3) is 0.167.